The SMILES string of the molecule is C=N/C=C\C(=C/C)c1ccc(-n2c3ccccc3c3nc4c5ccccc5n(-c5ccc(-c6ccncc6)cc5)c4nc32)cc1. The second kappa shape index (κ2) is 10.8. The van der Waals surface area contributed by atoms with E-state index >= 15 is 0 Å². The van der Waals surface area contributed by atoms with Crippen molar-refractivity contribution in [3.63, 3.8) is 0 Å². The zero-order chi connectivity index (χ0) is 30.3. The van der Waals surface area contributed by atoms with Crippen LogP contribution in [-0.4, -0.2) is 30.8 Å². The van der Waals surface area contributed by atoms with Crippen molar-refractivity contribution in [2.45, 2.75) is 6.92 Å². The minimum Gasteiger partial charge on any atom is -0.292 e. The van der Waals surface area contributed by atoms with Crippen LogP contribution in [0.5, 0.6) is 0 Å². The van der Waals surface area contributed by atoms with E-state index in [2.05, 4.69) is 129 Å². The lowest BCUT2D eigenvalue weighted by Crippen LogP contribution is -2.00. The molecule has 0 spiro atoms. The molecule has 0 fully saturated rings. The molecule has 45 heavy (non-hydrogen) atoms. The number of aromatic nitrogens is 5. The van der Waals surface area contributed by atoms with Gasteiger partial charge in [-0.3, -0.25) is 19.1 Å². The van der Waals surface area contributed by atoms with E-state index in [1.165, 1.54) is 0 Å². The van der Waals surface area contributed by atoms with Crippen molar-refractivity contribution in [3.05, 3.63) is 146 Å². The van der Waals surface area contributed by atoms with Gasteiger partial charge in [0.05, 0.1) is 11.0 Å². The minimum absolute atomic E-state index is 0.816. The number of pyridine rings is 1. The summed E-state index contributed by atoms with van der Waals surface area (Å²) in [5.74, 6) is 0. The predicted molar refractivity (Wildman–Crippen MR) is 186 cm³/mol. The first kappa shape index (κ1) is 26.5. The van der Waals surface area contributed by atoms with Gasteiger partial charge in [0.25, 0.3) is 0 Å². The van der Waals surface area contributed by atoms with Crippen LogP contribution in [-0.2, 0) is 0 Å². The Labute approximate surface area is 260 Å². The number of rotatable bonds is 6. The van der Waals surface area contributed by atoms with Gasteiger partial charge < -0.3 is 0 Å². The van der Waals surface area contributed by atoms with E-state index < -0.39 is 0 Å². The molecule has 0 aliphatic rings. The van der Waals surface area contributed by atoms with Crippen molar-refractivity contribution in [1.29, 1.82) is 0 Å². The Bertz CT molecular complexity index is 2430. The number of fused-ring (bicyclic) bond motifs is 6. The van der Waals surface area contributed by atoms with Crippen LogP contribution in [0.4, 0.5) is 0 Å². The second-order valence-corrected chi connectivity index (χ2v) is 10.8. The molecule has 0 aliphatic carbocycles. The summed E-state index contributed by atoms with van der Waals surface area (Å²) in [6.45, 7) is 5.58. The van der Waals surface area contributed by atoms with Gasteiger partial charge in [-0.1, -0.05) is 66.7 Å². The Hall–Kier alpha value is -6.14. The van der Waals surface area contributed by atoms with Crippen LogP contribution in [0.25, 0.3) is 72.2 Å². The van der Waals surface area contributed by atoms with E-state index in [-0.39, 0.29) is 0 Å². The molecule has 0 aliphatic heterocycles. The number of nitrogens with zero attached hydrogens (tertiary/aromatic N) is 6. The summed E-state index contributed by atoms with van der Waals surface area (Å²) < 4.78 is 4.43. The molecule has 4 aromatic carbocycles. The molecule has 0 unspecified atom stereocenters. The maximum absolute atomic E-state index is 5.41. The molecular weight excluding hydrogens is 552 g/mol. The summed E-state index contributed by atoms with van der Waals surface area (Å²) in [5, 5.41) is 2.14. The lowest BCUT2D eigenvalue weighted by Gasteiger charge is -2.10. The Morgan fingerprint density at radius 2 is 1.18 bits per heavy atom. The number of allylic oxidation sites excluding steroid dienone is 3. The topological polar surface area (TPSA) is 60.9 Å². The first-order valence-electron chi connectivity index (χ1n) is 14.9. The first-order chi connectivity index (χ1) is 22.2. The largest absolute Gasteiger partial charge is 0.292 e. The third kappa shape index (κ3) is 4.34. The third-order valence-electron chi connectivity index (χ3n) is 8.35. The standard InChI is InChI=1S/C39H28N6/c1-3-26(20-23-40-2)27-12-16-30(17-13-27)44-34-10-6-4-8-32(34)36-38(44)43-39-37(42-36)33-9-5-7-11-35(33)45(39)31-18-14-28(15-19-31)29-21-24-41-25-22-29/h3-25H,2H2,1H3/b23-20-,26-3+. The number of hydrogen-bond acceptors (Lipinski definition) is 4. The highest BCUT2D eigenvalue weighted by Gasteiger charge is 2.21. The summed E-state index contributed by atoms with van der Waals surface area (Å²) in [4.78, 5) is 18.8. The van der Waals surface area contributed by atoms with Crippen molar-refractivity contribution in [2.75, 3.05) is 0 Å². The lowest BCUT2D eigenvalue weighted by atomic mass is 10.1. The van der Waals surface area contributed by atoms with Gasteiger partial charge in [-0.15, -0.1) is 0 Å². The van der Waals surface area contributed by atoms with Crippen LogP contribution < -0.4 is 0 Å². The molecule has 0 saturated heterocycles. The van der Waals surface area contributed by atoms with Crippen molar-refractivity contribution in [2.24, 2.45) is 4.99 Å². The molecule has 6 nitrogen and oxygen atoms in total. The van der Waals surface area contributed by atoms with Crippen LogP contribution >= 0.6 is 0 Å². The molecule has 0 atom stereocenters. The highest BCUT2D eigenvalue weighted by molar-refractivity contribution is 6.12. The molecule has 8 rings (SSSR count). The zero-order valence-corrected chi connectivity index (χ0v) is 24.7. The van der Waals surface area contributed by atoms with Gasteiger partial charge in [0.2, 0.25) is 0 Å². The van der Waals surface area contributed by atoms with Gasteiger partial charge in [0.1, 0.15) is 11.0 Å². The molecule has 0 saturated carbocycles. The van der Waals surface area contributed by atoms with Gasteiger partial charge in [0, 0.05) is 40.7 Å². The second-order valence-electron chi connectivity index (χ2n) is 10.8. The van der Waals surface area contributed by atoms with E-state index in [9.17, 15) is 0 Å². The van der Waals surface area contributed by atoms with Gasteiger partial charge in [-0.25, -0.2) is 9.97 Å². The Balaban J connectivity index is 1.36. The Morgan fingerprint density at radius 3 is 1.73 bits per heavy atom. The van der Waals surface area contributed by atoms with Crippen molar-refractivity contribution >= 4 is 56.4 Å². The van der Waals surface area contributed by atoms with Crippen molar-refractivity contribution < 1.29 is 0 Å². The molecule has 214 valence electrons. The molecule has 6 heteroatoms. The smallest absolute Gasteiger partial charge is 0.166 e. The summed E-state index contributed by atoms with van der Waals surface area (Å²) in [6.07, 6.45) is 9.39. The van der Waals surface area contributed by atoms with Gasteiger partial charge in [0.15, 0.2) is 11.3 Å². The molecule has 8 aromatic rings. The van der Waals surface area contributed by atoms with Crippen molar-refractivity contribution in [1.82, 2.24) is 24.1 Å². The average molecular weight is 581 g/mol. The number of para-hydroxylation sites is 2. The lowest BCUT2D eigenvalue weighted by molar-refractivity contribution is 1.10. The summed E-state index contributed by atoms with van der Waals surface area (Å²) in [5.41, 5.74) is 12.0. The zero-order valence-electron chi connectivity index (χ0n) is 24.7. The number of benzene rings is 4. The quantitative estimate of drug-likeness (QED) is 0.145. The highest BCUT2D eigenvalue weighted by atomic mass is 15.1. The van der Waals surface area contributed by atoms with Crippen LogP contribution in [0, 0.1) is 0 Å². The van der Waals surface area contributed by atoms with E-state index in [0.29, 0.717) is 0 Å². The third-order valence-corrected chi connectivity index (χ3v) is 8.35. The molecular formula is C39H28N6. The fraction of sp³-hybridized carbons (Fsp3) is 0.0256. The fourth-order valence-electron chi connectivity index (χ4n) is 6.22. The van der Waals surface area contributed by atoms with E-state index in [0.717, 1.165) is 77.8 Å². The van der Waals surface area contributed by atoms with E-state index in [1.54, 1.807) is 6.20 Å². The molecule has 4 heterocycles. The molecule has 0 amide bonds. The molecule has 0 N–H and O–H groups in total. The summed E-state index contributed by atoms with van der Waals surface area (Å²) in [7, 11) is 0. The van der Waals surface area contributed by atoms with E-state index in [1.807, 2.05) is 37.5 Å². The van der Waals surface area contributed by atoms with Gasteiger partial charge >= 0.3 is 0 Å². The predicted octanol–water partition coefficient (Wildman–Crippen LogP) is 9.35. The van der Waals surface area contributed by atoms with Crippen LogP contribution in [0.3, 0.4) is 0 Å². The van der Waals surface area contributed by atoms with Crippen LogP contribution in [0.1, 0.15) is 12.5 Å². The maximum Gasteiger partial charge on any atom is 0.166 e. The van der Waals surface area contributed by atoms with Crippen LogP contribution in [0.15, 0.2) is 145 Å². The minimum atomic E-state index is 0.816. The highest BCUT2D eigenvalue weighted by Crippen LogP contribution is 2.36. The summed E-state index contributed by atoms with van der Waals surface area (Å²) >= 11 is 0. The Morgan fingerprint density at radius 1 is 0.644 bits per heavy atom. The summed E-state index contributed by atoms with van der Waals surface area (Å²) in [6, 6.07) is 38.0. The normalized spacial score (nSPS) is 12.2. The molecule has 0 bridgehead atoms. The maximum atomic E-state index is 5.41. The fourth-order valence-corrected chi connectivity index (χ4v) is 6.22. The van der Waals surface area contributed by atoms with Crippen molar-refractivity contribution in [3.8, 4) is 22.5 Å². The molecule has 4 aromatic heterocycles. The molecule has 0 radical (unpaired) electrons. The van der Waals surface area contributed by atoms with Crippen LogP contribution in [0.2, 0.25) is 0 Å². The monoisotopic (exact) mass is 580 g/mol. The van der Waals surface area contributed by atoms with E-state index in [4.69, 9.17) is 9.97 Å². The average Bonchev–Trinajstić information content (AvgIpc) is 3.60. The number of aliphatic imine (C=N–C) groups is 1. The number of hydrogen-bond donors (Lipinski definition) is 0. The Kier molecular flexibility index (Phi) is 6.38. The van der Waals surface area contributed by atoms with Gasteiger partial charge in [-0.2, -0.15) is 0 Å². The first-order valence-corrected chi connectivity index (χ1v) is 14.9. The van der Waals surface area contributed by atoms with Gasteiger partial charge in [-0.05, 0) is 90.5 Å².